The van der Waals surface area contributed by atoms with E-state index in [-0.39, 0.29) is 5.69 Å². The van der Waals surface area contributed by atoms with E-state index in [1.807, 2.05) is 0 Å². The van der Waals surface area contributed by atoms with Crippen LogP contribution in [-0.4, -0.2) is 29.8 Å². The van der Waals surface area contributed by atoms with E-state index in [0.717, 1.165) is 12.5 Å². The van der Waals surface area contributed by atoms with Crippen LogP contribution in [-0.2, 0) is 11.2 Å². The number of fused-ring (bicyclic) bond motifs is 3. The Kier molecular flexibility index (Phi) is 3.06. The molecule has 0 amide bonds. The summed E-state index contributed by atoms with van der Waals surface area (Å²) in [5, 5.41) is 11.2. The van der Waals surface area contributed by atoms with Gasteiger partial charge in [-0.05, 0) is 47.4 Å². The largest absolute Gasteiger partial charge is 0.464 e. The summed E-state index contributed by atoms with van der Waals surface area (Å²) in [7, 11) is 1.33. The fraction of sp³-hybridized carbons (Fsp3) is 0.353. The molecule has 1 heterocycles. The van der Waals surface area contributed by atoms with Crippen LogP contribution in [0.3, 0.4) is 0 Å². The summed E-state index contributed by atoms with van der Waals surface area (Å²) in [5.41, 5.74) is 3.26. The molecule has 5 nitrogen and oxygen atoms in total. The highest BCUT2D eigenvalue weighted by Crippen LogP contribution is 2.61. The maximum Gasteiger partial charge on any atom is 0.358 e. The van der Waals surface area contributed by atoms with Crippen molar-refractivity contribution in [2.45, 2.75) is 12.3 Å². The summed E-state index contributed by atoms with van der Waals surface area (Å²) >= 11 is 0. The Labute approximate surface area is 128 Å². The summed E-state index contributed by atoms with van der Waals surface area (Å²) in [5.74, 6) is 2.38. The number of methoxy groups -OCH3 is 1. The van der Waals surface area contributed by atoms with Gasteiger partial charge in [0, 0.05) is 6.54 Å². The van der Waals surface area contributed by atoms with E-state index in [1.54, 1.807) is 12.1 Å². The number of nitrogens with one attached hydrogen (secondary N) is 1. The smallest absolute Gasteiger partial charge is 0.358 e. The number of anilines is 1. The van der Waals surface area contributed by atoms with Crippen molar-refractivity contribution in [3.05, 3.63) is 53.2 Å². The van der Waals surface area contributed by atoms with Gasteiger partial charge < -0.3 is 10.1 Å². The molecule has 1 fully saturated rings. The molecule has 0 bridgehead atoms. The topological polar surface area (TPSA) is 64.1 Å². The molecule has 0 radical (unpaired) electrons. The Morgan fingerprint density at radius 1 is 1.27 bits per heavy atom. The Bertz CT molecular complexity index is 714. The molecule has 5 heteroatoms. The molecular weight excluding hydrogens is 278 g/mol. The Balaban J connectivity index is 1.36. The Hall–Kier alpha value is -2.43. The van der Waals surface area contributed by atoms with Crippen molar-refractivity contribution in [2.75, 3.05) is 19.0 Å². The summed E-state index contributed by atoms with van der Waals surface area (Å²) in [4.78, 5) is 11.3. The molecule has 1 aromatic heterocycles. The van der Waals surface area contributed by atoms with Crippen LogP contribution < -0.4 is 5.32 Å². The molecule has 0 saturated heterocycles. The van der Waals surface area contributed by atoms with E-state index in [1.165, 1.54) is 24.7 Å². The summed E-state index contributed by atoms with van der Waals surface area (Å²) in [6.07, 6.45) is 1.19. The van der Waals surface area contributed by atoms with Gasteiger partial charge in [0.2, 0.25) is 0 Å². The average Bonchev–Trinajstić information content (AvgIpc) is 3.11. The first-order valence-electron chi connectivity index (χ1n) is 7.51. The highest BCUT2D eigenvalue weighted by molar-refractivity contribution is 5.86. The third-order valence-corrected chi connectivity index (χ3v) is 4.78. The zero-order valence-corrected chi connectivity index (χ0v) is 12.3. The van der Waals surface area contributed by atoms with Gasteiger partial charge in [-0.2, -0.15) is 0 Å². The molecule has 4 rings (SSSR count). The van der Waals surface area contributed by atoms with Crippen molar-refractivity contribution in [2.24, 2.45) is 11.8 Å². The number of rotatable bonds is 4. The number of hydrogen-bond donors (Lipinski definition) is 1. The number of benzene rings is 1. The van der Waals surface area contributed by atoms with Crippen LogP contribution in [0.15, 0.2) is 36.4 Å². The van der Waals surface area contributed by atoms with Gasteiger partial charge in [-0.3, -0.25) is 0 Å². The molecule has 0 aliphatic heterocycles. The number of carbonyl (C=O) groups excluding carboxylic acids is 1. The van der Waals surface area contributed by atoms with E-state index in [2.05, 4.69) is 44.5 Å². The second-order valence-electron chi connectivity index (χ2n) is 5.93. The summed E-state index contributed by atoms with van der Waals surface area (Å²) in [6.45, 7) is 0.899. The number of nitrogens with zero attached hydrogens (tertiary/aromatic N) is 2. The van der Waals surface area contributed by atoms with E-state index >= 15 is 0 Å². The lowest BCUT2D eigenvalue weighted by molar-refractivity contribution is 0.0593. The maximum absolute atomic E-state index is 11.3. The third kappa shape index (κ3) is 2.13. The number of aromatic nitrogens is 2. The minimum Gasteiger partial charge on any atom is -0.464 e. The standard InChI is InChI=1S/C17H17N3O2/c1-22-17(21)14-6-7-15(20-19-14)18-9-13-12-8-10-4-2-3-5-11(10)16(12)13/h2-7,12-13,16H,8-9H2,1H3,(H,18,20). The fourth-order valence-corrected chi connectivity index (χ4v) is 3.62. The highest BCUT2D eigenvalue weighted by Gasteiger charge is 2.54. The van der Waals surface area contributed by atoms with Gasteiger partial charge >= 0.3 is 5.97 Å². The lowest BCUT2D eigenvalue weighted by Crippen LogP contribution is -2.11. The maximum atomic E-state index is 11.3. The molecule has 0 spiro atoms. The first-order valence-corrected chi connectivity index (χ1v) is 7.51. The van der Waals surface area contributed by atoms with Gasteiger partial charge in [-0.25, -0.2) is 4.79 Å². The van der Waals surface area contributed by atoms with Gasteiger partial charge in [0.25, 0.3) is 0 Å². The quantitative estimate of drug-likeness (QED) is 0.877. The average molecular weight is 295 g/mol. The van der Waals surface area contributed by atoms with E-state index in [4.69, 9.17) is 0 Å². The number of esters is 1. The monoisotopic (exact) mass is 295 g/mol. The van der Waals surface area contributed by atoms with E-state index < -0.39 is 5.97 Å². The molecule has 1 N–H and O–H groups in total. The second kappa shape index (κ2) is 5.09. The summed E-state index contributed by atoms with van der Waals surface area (Å²) in [6, 6.07) is 12.1. The van der Waals surface area contributed by atoms with E-state index in [9.17, 15) is 4.79 Å². The van der Waals surface area contributed by atoms with Crippen LogP contribution in [0.2, 0.25) is 0 Å². The normalized spacial score (nSPS) is 24.3. The van der Waals surface area contributed by atoms with Crippen molar-refractivity contribution in [1.29, 1.82) is 0 Å². The zero-order valence-electron chi connectivity index (χ0n) is 12.3. The van der Waals surface area contributed by atoms with Crippen molar-refractivity contribution >= 4 is 11.8 Å². The number of ether oxygens (including phenoxy) is 1. The molecule has 3 atom stereocenters. The molecule has 1 aromatic carbocycles. The first-order chi connectivity index (χ1) is 10.8. The molecule has 22 heavy (non-hydrogen) atoms. The van der Waals surface area contributed by atoms with Crippen molar-refractivity contribution in [3.63, 3.8) is 0 Å². The SMILES string of the molecule is COC(=O)c1ccc(NCC2C3Cc4ccccc4C23)nn1. The van der Waals surface area contributed by atoms with Gasteiger partial charge in [-0.1, -0.05) is 24.3 Å². The lowest BCUT2D eigenvalue weighted by atomic mass is 10.0. The molecular formula is C17H17N3O2. The van der Waals surface area contributed by atoms with E-state index in [0.29, 0.717) is 17.7 Å². The van der Waals surface area contributed by atoms with Crippen molar-refractivity contribution in [1.82, 2.24) is 10.2 Å². The minimum absolute atomic E-state index is 0.227. The fourth-order valence-electron chi connectivity index (χ4n) is 3.62. The lowest BCUT2D eigenvalue weighted by Gasteiger charge is -2.09. The molecule has 3 unspecified atom stereocenters. The Morgan fingerprint density at radius 2 is 2.14 bits per heavy atom. The number of hydrogen-bond acceptors (Lipinski definition) is 5. The van der Waals surface area contributed by atoms with Crippen LogP contribution in [0, 0.1) is 11.8 Å². The molecule has 2 aromatic rings. The van der Waals surface area contributed by atoms with Crippen molar-refractivity contribution < 1.29 is 9.53 Å². The molecule has 112 valence electrons. The van der Waals surface area contributed by atoms with Crippen LogP contribution in [0.4, 0.5) is 5.82 Å². The zero-order chi connectivity index (χ0) is 15.1. The third-order valence-electron chi connectivity index (χ3n) is 4.78. The van der Waals surface area contributed by atoms with Gasteiger partial charge in [0.05, 0.1) is 7.11 Å². The Morgan fingerprint density at radius 3 is 2.91 bits per heavy atom. The van der Waals surface area contributed by atoms with Gasteiger partial charge in [0.1, 0.15) is 5.82 Å². The van der Waals surface area contributed by atoms with Crippen LogP contribution in [0.25, 0.3) is 0 Å². The van der Waals surface area contributed by atoms with Crippen LogP contribution in [0.5, 0.6) is 0 Å². The van der Waals surface area contributed by atoms with Crippen LogP contribution in [0.1, 0.15) is 27.5 Å². The second-order valence-corrected chi connectivity index (χ2v) is 5.93. The van der Waals surface area contributed by atoms with Gasteiger partial charge in [0.15, 0.2) is 5.69 Å². The predicted molar refractivity (Wildman–Crippen MR) is 81.7 cm³/mol. The molecule has 2 aliphatic rings. The van der Waals surface area contributed by atoms with Crippen molar-refractivity contribution in [3.8, 4) is 0 Å². The molecule has 1 saturated carbocycles. The molecule has 2 aliphatic carbocycles. The first kappa shape index (κ1) is 13.2. The summed E-state index contributed by atoms with van der Waals surface area (Å²) < 4.78 is 4.61. The minimum atomic E-state index is -0.465. The van der Waals surface area contributed by atoms with Gasteiger partial charge in [-0.15, -0.1) is 10.2 Å². The van der Waals surface area contributed by atoms with Crippen LogP contribution >= 0.6 is 0 Å². The predicted octanol–water partition coefficient (Wildman–Crippen LogP) is 2.26. The number of carbonyl (C=O) groups is 1. The highest BCUT2D eigenvalue weighted by atomic mass is 16.5.